The second-order valence-corrected chi connectivity index (χ2v) is 8.09. The minimum atomic E-state index is -1.74. The molecule has 0 spiro atoms. The molecule has 0 bridgehead atoms. The molecule has 4 rings (SSSR count). The van der Waals surface area contributed by atoms with Gasteiger partial charge < -0.3 is 23.3 Å². The van der Waals surface area contributed by atoms with Gasteiger partial charge in [0.15, 0.2) is 5.76 Å². The number of alkyl halides is 1. The maximum Gasteiger partial charge on any atom is 0.410 e. The Bertz CT molecular complexity index is 830. The van der Waals surface area contributed by atoms with Crippen LogP contribution in [0.15, 0.2) is 27.3 Å². The molecular weight excluding hydrogens is 357 g/mol. The number of carbonyl (C=O) groups is 1. The van der Waals surface area contributed by atoms with E-state index in [1.165, 1.54) is 11.2 Å². The van der Waals surface area contributed by atoms with E-state index in [0.717, 1.165) is 0 Å². The number of nitrogens with zero attached hydrogens (tertiary/aromatic N) is 3. The quantitative estimate of drug-likeness (QED) is 0.792. The van der Waals surface area contributed by atoms with Crippen molar-refractivity contribution < 1.29 is 27.6 Å². The topological polar surface area (TPSA) is 90.8 Å². The summed E-state index contributed by atoms with van der Waals surface area (Å²) in [6, 6.07) is 3.39. The number of halogens is 1. The number of ether oxygens (including phenoxy) is 2. The van der Waals surface area contributed by atoms with Crippen molar-refractivity contribution >= 4 is 6.09 Å². The van der Waals surface area contributed by atoms with Gasteiger partial charge in [-0.15, -0.1) is 0 Å². The SMILES string of the molecule is CC(C)(C)OC(=O)N1C[C@@]2(F)CCOC[C@@]2(c2nc(-c3ccco3)no2)C1. The fourth-order valence-electron chi connectivity index (χ4n) is 3.65. The second-order valence-electron chi connectivity index (χ2n) is 8.09. The summed E-state index contributed by atoms with van der Waals surface area (Å²) in [5.41, 5.74) is -3.65. The van der Waals surface area contributed by atoms with Crippen molar-refractivity contribution in [2.75, 3.05) is 26.3 Å². The van der Waals surface area contributed by atoms with Crippen LogP contribution in [0.1, 0.15) is 33.1 Å². The van der Waals surface area contributed by atoms with Crippen LogP contribution in [0.5, 0.6) is 0 Å². The van der Waals surface area contributed by atoms with Crippen LogP contribution in [0.4, 0.5) is 9.18 Å². The second kappa shape index (κ2) is 6.05. The van der Waals surface area contributed by atoms with Crippen LogP contribution in [-0.2, 0) is 14.9 Å². The van der Waals surface area contributed by atoms with Crippen LogP contribution in [-0.4, -0.2) is 58.7 Å². The van der Waals surface area contributed by atoms with E-state index in [9.17, 15) is 4.79 Å². The van der Waals surface area contributed by atoms with Crippen molar-refractivity contribution in [2.45, 2.75) is 43.9 Å². The number of likely N-dealkylation sites (tertiary alicyclic amines) is 1. The molecule has 27 heavy (non-hydrogen) atoms. The standard InChI is InChI=1S/C18H22FN3O5/c1-16(2,3)26-15(23)22-9-17(11-24-8-6-18(17,19)10-22)14-20-13(21-27-14)12-5-4-7-25-12/h4-5,7H,6,8-11H2,1-3H3/t17-,18+/m1/s1. The monoisotopic (exact) mass is 379 g/mol. The molecule has 2 aromatic heterocycles. The highest BCUT2D eigenvalue weighted by Crippen LogP contribution is 2.49. The minimum Gasteiger partial charge on any atom is -0.461 e. The first kappa shape index (κ1) is 18.0. The van der Waals surface area contributed by atoms with Gasteiger partial charge in [0, 0.05) is 19.6 Å². The number of amides is 1. The molecule has 2 aromatic rings. The van der Waals surface area contributed by atoms with Gasteiger partial charge in [-0.25, -0.2) is 9.18 Å². The largest absolute Gasteiger partial charge is 0.461 e. The molecule has 2 aliphatic rings. The third-order valence-electron chi connectivity index (χ3n) is 4.98. The molecule has 2 aliphatic heterocycles. The van der Waals surface area contributed by atoms with E-state index in [2.05, 4.69) is 10.1 Å². The number of hydrogen-bond acceptors (Lipinski definition) is 7. The van der Waals surface area contributed by atoms with Gasteiger partial charge in [-0.1, -0.05) is 5.16 Å². The van der Waals surface area contributed by atoms with Crippen molar-refractivity contribution in [3.8, 4) is 11.6 Å². The summed E-state index contributed by atoms with van der Waals surface area (Å²) in [5.74, 6) is 0.750. The lowest BCUT2D eigenvalue weighted by Gasteiger charge is -2.39. The van der Waals surface area contributed by atoms with E-state index in [1.807, 2.05) is 0 Å². The Balaban J connectivity index is 1.67. The molecule has 8 nitrogen and oxygen atoms in total. The van der Waals surface area contributed by atoms with Gasteiger partial charge >= 0.3 is 6.09 Å². The Labute approximate surface area is 155 Å². The average molecular weight is 379 g/mol. The Morgan fingerprint density at radius 1 is 1.37 bits per heavy atom. The van der Waals surface area contributed by atoms with Crippen molar-refractivity contribution in [2.24, 2.45) is 0 Å². The maximum absolute atomic E-state index is 16.0. The average Bonchev–Trinajstić information content (AvgIpc) is 3.30. The fourth-order valence-corrected chi connectivity index (χ4v) is 3.65. The summed E-state index contributed by atoms with van der Waals surface area (Å²) in [6.07, 6.45) is 1.05. The lowest BCUT2D eigenvalue weighted by atomic mass is 9.73. The number of aromatic nitrogens is 2. The molecule has 0 saturated carbocycles. The third kappa shape index (κ3) is 2.99. The number of hydrogen-bond donors (Lipinski definition) is 0. The number of carbonyl (C=O) groups excluding carboxylic acids is 1. The Kier molecular flexibility index (Phi) is 4.03. The predicted octanol–water partition coefficient (Wildman–Crippen LogP) is 2.95. The van der Waals surface area contributed by atoms with Crippen molar-refractivity contribution in [1.29, 1.82) is 0 Å². The molecule has 0 radical (unpaired) electrons. The maximum atomic E-state index is 16.0. The summed E-state index contributed by atoms with van der Waals surface area (Å²) < 4.78 is 37.7. The lowest BCUT2D eigenvalue weighted by molar-refractivity contribution is -0.0680. The van der Waals surface area contributed by atoms with Crippen LogP contribution < -0.4 is 0 Å². The zero-order valence-electron chi connectivity index (χ0n) is 15.5. The molecule has 9 heteroatoms. The van der Waals surface area contributed by atoms with Gasteiger partial charge in [-0.2, -0.15) is 4.98 Å². The molecular formula is C18H22FN3O5. The molecule has 0 aliphatic carbocycles. The first-order valence-electron chi connectivity index (χ1n) is 8.85. The first-order chi connectivity index (χ1) is 12.7. The zero-order chi connectivity index (χ0) is 19.3. The van der Waals surface area contributed by atoms with E-state index in [0.29, 0.717) is 5.76 Å². The third-order valence-corrected chi connectivity index (χ3v) is 4.98. The molecule has 4 heterocycles. The number of furan rings is 1. The molecule has 2 fully saturated rings. The number of rotatable bonds is 2. The van der Waals surface area contributed by atoms with Crippen LogP contribution in [0, 0.1) is 0 Å². The number of fused-ring (bicyclic) bond motifs is 1. The molecule has 1 amide bonds. The Hall–Kier alpha value is -2.42. The molecule has 0 N–H and O–H groups in total. The van der Waals surface area contributed by atoms with E-state index < -0.39 is 22.8 Å². The van der Waals surface area contributed by atoms with Crippen molar-refractivity contribution in [1.82, 2.24) is 15.0 Å². The van der Waals surface area contributed by atoms with Crippen LogP contribution in [0.3, 0.4) is 0 Å². The lowest BCUT2D eigenvalue weighted by Crippen LogP contribution is -2.54. The van der Waals surface area contributed by atoms with E-state index in [4.69, 9.17) is 18.4 Å². The molecule has 2 atom stereocenters. The Morgan fingerprint density at radius 3 is 2.89 bits per heavy atom. The highest BCUT2D eigenvalue weighted by molar-refractivity contribution is 5.69. The highest BCUT2D eigenvalue weighted by atomic mass is 19.1. The summed E-state index contributed by atoms with van der Waals surface area (Å²) in [6.45, 7) is 5.55. The van der Waals surface area contributed by atoms with Gasteiger partial charge in [-0.05, 0) is 32.9 Å². The van der Waals surface area contributed by atoms with E-state index in [-0.39, 0.29) is 44.4 Å². The summed E-state index contributed by atoms with van der Waals surface area (Å²) in [4.78, 5) is 18.2. The first-order valence-corrected chi connectivity index (χ1v) is 8.85. The predicted molar refractivity (Wildman–Crippen MR) is 90.8 cm³/mol. The normalized spacial score (nSPS) is 28.2. The fraction of sp³-hybridized carbons (Fsp3) is 0.611. The van der Waals surface area contributed by atoms with Crippen LogP contribution in [0.2, 0.25) is 0 Å². The van der Waals surface area contributed by atoms with Crippen molar-refractivity contribution in [3.63, 3.8) is 0 Å². The summed E-state index contributed by atoms with van der Waals surface area (Å²) in [7, 11) is 0. The minimum absolute atomic E-state index is 0.0399. The van der Waals surface area contributed by atoms with Gasteiger partial charge in [0.1, 0.15) is 16.7 Å². The van der Waals surface area contributed by atoms with E-state index >= 15 is 4.39 Å². The molecule has 0 aromatic carbocycles. The molecule has 0 unspecified atom stereocenters. The molecule has 2 saturated heterocycles. The smallest absolute Gasteiger partial charge is 0.410 e. The van der Waals surface area contributed by atoms with Gasteiger partial charge in [0.25, 0.3) is 0 Å². The summed E-state index contributed by atoms with van der Waals surface area (Å²) >= 11 is 0. The van der Waals surface area contributed by atoms with E-state index in [1.54, 1.807) is 32.9 Å². The van der Waals surface area contributed by atoms with Gasteiger partial charge in [-0.3, -0.25) is 0 Å². The highest BCUT2D eigenvalue weighted by Gasteiger charge is 2.66. The van der Waals surface area contributed by atoms with Gasteiger partial charge in [0.05, 0.1) is 19.4 Å². The van der Waals surface area contributed by atoms with Crippen LogP contribution >= 0.6 is 0 Å². The van der Waals surface area contributed by atoms with Gasteiger partial charge in [0.2, 0.25) is 11.7 Å². The van der Waals surface area contributed by atoms with Crippen molar-refractivity contribution in [3.05, 3.63) is 24.3 Å². The Morgan fingerprint density at radius 2 is 2.19 bits per heavy atom. The zero-order valence-corrected chi connectivity index (χ0v) is 15.5. The molecule has 146 valence electrons. The van der Waals surface area contributed by atoms with Crippen LogP contribution in [0.25, 0.3) is 11.6 Å². The summed E-state index contributed by atoms with van der Waals surface area (Å²) in [5, 5.41) is 3.91.